The average Bonchev–Trinajstić information content (AvgIpc) is 3.05. The number of fused-ring (bicyclic) bond motifs is 1. The van der Waals surface area contributed by atoms with E-state index >= 15 is 0 Å². The number of aryl methyl sites for hydroxylation is 1. The summed E-state index contributed by atoms with van der Waals surface area (Å²) in [7, 11) is 0. The van der Waals surface area contributed by atoms with Gasteiger partial charge in [0.2, 0.25) is 0 Å². The van der Waals surface area contributed by atoms with Gasteiger partial charge in [-0.25, -0.2) is 0 Å². The molecular weight excluding hydrogens is 310 g/mol. The maximum absolute atomic E-state index is 12.9. The van der Waals surface area contributed by atoms with E-state index in [2.05, 4.69) is 35.4 Å². The normalized spacial score (nSPS) is 12.8. The molecule has 4 heteroatoms. The van der Waals surface area contributed by atoms with E-state index in [1.807, 2.05) is 47.4 Å². The molecule has 0 fully saturated rings. The quantitative estimate of drug-likeness (QED) is 0.777. The first kappa shape index (κ1) is 15.4. The van der Waals surface area contributed by atoms with Crippen molar-refractivity contribution >= 4 is 23.0 Å². The van der Waals surface area contributed by atoms with Gasteiger partial charge in [0.05, 0.1) is 0 Å². The third kappa shape index (κ3) is 3.11. The Morgan fingerprint density at radius 3 is 2.76 bits per heavy atom. The highest BCUT2D eigenvalue weighted by Gasteiger charge is 2.25. The Bertz CT molecular complexity index is 936. The molecule has 1 aliphatic heterocycles. The number of rotatable bonds is 3. The zero-order valence-electron chi connectivity index (χ0n) is 14.1. The largest absolute Gasteiger partial charge is 0.355 e. The Kier molecular flexibility index (Phi) is 3.94. The smallest absolute Gasteiger partial charge is 0.276 e. The highest BCUT2D eigenvalue weighted by Crippen LogP contribution is 2.29. The number of hydrogen-bond acceptors (Lipinski definition) is 3. The van der Waals surface area contributed by atoms with Crippen LogP contribution < -0.4 is 10.2 Å². The predicted octanol–water partition coefficient (Wildman–Crippen LogP) is 4.34. The van der Waals surface area contributed by atoms with E-state index in [1.54, 1.807) is 6.20 Å². The molecule has 3 aromatic rings. The minimum Gasteiger partial charge on any atom is -0.355 e. The van der Waals surface area contributed by atoms with Crippen LogP contribution in [0.5, 0.6) is 0 Å². The van der Waals surface area contributed by atoms with E-state index in [-0.39, 0.29) is 5.91 Å². The van der Waals surface area contributed by atoms with E-state index in [9.17, 15) is 4.79 Å². The van der Waals surface area contributed by atoms with Crippen molar-refractivity contribution in [2.24, 2.45) is 0 Å². The maximum Gasteiger partial charge on any atom is 0.276 e. The molecule has 1 aliphatic rings. The van der Waals surface area contributed by atoms with Crippen LogP contribution in [-0.4, -0.2) is 17.4 Å². The van der Waals surface area contributed by atoms with Gasteiger partial charge in [-0.2, -0.15) is 0 Å². The van der Waals surface area contributed by atoms with Gasteiger partial charge < -0.3 is 10.2 Å². The molecule has 0 saturated heterocycles. The van der Waals surface area contributed by atoms with Gasteiger partial charge in [-0.05, 0) is 54.8 Å². The van der Waals surface area contributed by atoms with Crippen LogP contribution in [-0.2, 0) is 6.42 Å². The van der Waals surface area contributed by atoms with Crippen molar-refractivity contribution in [2.45, 2.75) is 13.3 Å². The summed E-state index contributed by atoms with van der Waals surface area (Å²) in [6.45, 7) is 2.76. The molecule has 25 heavy (non-hydrogen) atoms. The Morgan fingerprint density at radius 2 is 1.88 bits per heavy atom. The minimum atomic E-state index is -0.0576. The van der Waals surface area contributed by atoms with Gasteiger partial charge in [0.15, 0.2) is 0 Å². The Balaban J connectivity index is 1.58. The van der Waals surface area contributed by atoms with Crippen molar-refractivity contribution in [1.82, 2.24) is 4.98 Å². The molecule has 4 nitrogen and oxygen atoms in total. The van der Waals surface area contributed by atoms with E-state index in [1.165, 1.54) is 11.1 Å². The summed E-state index contributed by atoms with van der Waals surface area (Å²) in [6.07, 6.45) is 2.57. The fourth-order valence-corrected chi connectivity index (χ4v) is 3.20. The van der Waals surface area contributed by atoms with Crippen LogP contribution in [0.3, 0.4) is 0 Å². The van der Waals surface area contributed by atoms with Gasteiger partial charge in [0.25, 0.3) is 5.91 Å². The number of nitrogens with zero attached hydrogens (tertiary/aromatic N) is 2. The second kappa shape index (κ2) is 6.40. The lowest BCUT2D eigenvalue weighted by Gasteiger charge is -2.17. The molecule has 124 valence electrons. The predicted molar refractivity (Wildman–Crippen MR) is 101 cm³/mol. The summed E-state index contributed by atoms with van der Waals surface area (Å²) in [5.74, 6) is -0.0576. The fraction of sp³-hybridized carbons (Fsp3) is 0.143. The van der Waals surface area contributed by atoms with Crippen molar-refractivity contribution in [3.63, 3.8) is 0 Å². The molecule has 1 N–H and O–H groups in total. The van der Waals surface area contributed by atoms with Crippen molar-refractivity contribution in [2.75, 3.05) is 16.8 Å². The standard InChI is InChI=1S/C21H19N3O/c1-15-5-4-7-17(13-15)23-18-9-11-22-19(14-18)21(25)24-12-10-16-6-2-3-8-20(16)24/h2-9,11,13-14H,10,12H2,1H3,(H,22,23). The van der Waals surface area contributed by atoms with Gasteiger partial charge >= 0.3 is 0 Å². The molecule has 0 radical (unpaired) electrons. The highest BCUT2D eigenvalue weighted by atomic mass is 16.2. The lowest BCUT2D eigenvalue weighted by Crippen LogP contribution is -2.29. The number of para-hydroxylation sites is 1. The highest BCUT2D eigenvalue weighted by molar-refractivity contribution is 6.06. The summed E-state index contributed by atoms with van der Waals surface area (Å²) >= 11 is 0. The summed E-state index contributed by atoms with van der Waals surface area (Å²) in [4.78, 5) is 19.0. The monoisotopic (exact) mass is 329 g/mol. The van der Waals surface area contributed by atoms with E-state index in [0.29, 0.717) is 12.2 Å². The van der Waals surface area contributed by atoms with E-state index < -0.39 is 0 Å². The van der Waals surface area contributed by atoms with Crippen LogP contribution in [0.15, 0.2) is 66.9 Å². The number of aromatic nitrogens is 1. The molecular formula is C21H19N3O. The molecule has 0 bridgehead atoms. The second-order valence-corrected chi connectivity index (χ2v) is 6.26. The number of amides is 1. The Labute approximate surface area is 147 Å². The lowest BCUT2D eigenvalue weighted by atomic mass is 10.2. The van der Waals surface area contributed by atoms with Gasteiger partial charge in [0, 0.05) is 29.8 Å². The van der Waals surface area contributed by atoms with Crippen LogP contribution in [0.2, 0.25) is 0 Å². The van der Waals surface area contributed by atoms with Crippen LogP contribution in [0.1, 0.15) is 21.6 Å². The zero-order valence-corrected chi connectivity index (χ0v) is 14.1. The number of carbonyl (C=O) groups is 1. The Hall–Kier alpha value is -3.14. The third-order valence-corrected chi connectivity index (χ3v) is 4.42. The second-order valence-electron chi connectivity index (χ2n) is 6.26. The molecule has 0 aliphatic carbocycles. The van der Waals surface area contributed by atoms with Gasteiger partial charge in [-0.3, -0.25) is 9.78 Å². The third-order valence-electron chi connectivity index (χ3n) is 4.42. The van der Waals surface area contributed by atoms with Gasteiger partial charge in [-0.15, -0.1) is 0 Å². The number of anilines is 3. The van der Waals surface area contributed by atoms with Crippen LogP contribution in [0, 0.1) is 6.92 Å². The molecule has 4 rings (SSSR count). The fourth-order valence-electron chi connectivity index (χ4n) is 3.20. The number of hydrogen-bond donors (Lipinski definition) is 1. The van der Waals surface area contributed by atoms with Crippen molar-refractivity contribution in [3.05, 3.63) is 83.7 Å². The molecule has 1 amide bonds. The summed E-state index contributed by atoms with van der Waals surface area (Å²) in [6, 6.07) is 19.9. The Morgan fingerprint density at radius 1 is 1.04 bits per heavy atom. The lowest BCUT2D eigenvalue weighted by molar-refractivity contribution is 0.0984. The number of pyridine rings is 1. The molecule has 0 unspecified atom stereocenters. The molecule has 0 saturated carbocycles. The van der Waals surface area contributed by atoms with Gasteiger partial charge in [0.1, 0.15) is 5.69 Å². The number of benzene rings is 2. The maximum atomic E-state index is 12.9. The first-order valence-electron chi connectivity index (χ1n) is 8.40. The van der Waals surface area contributed by atoms with Crippen molar-refractivity contribution < 1.29 is 4.79 Å². The van der Waals surface area contributed by atoms with E-state index in [4.69, 9.17) is 0 Å². The minimum absolute atomic E-state index is 0.0576. The number of nitrogens with one attached hydrogen (secondary N) is 1. The topological polar surface area (TPSA) is 45.2 Å². The summed E-state index contributed by atoms with van der Waals surface area (Å²) < 4.78 is 0. The SMILES string of the molecule is Cc1cccc(Nc2ccnc(C(=O)N3CCc4ccccc43)c2)c1. The van der Waals surface area contributed by atoms with Crippen LogP contribution in [0.4, 0.5) is 17.1 Å². The van der Waals surface area contributed by atoms with Crippen LogP contribution >= 0.6 is 0 Å². The van der Waals surface area contributed by atoms with E-state index in [0.717, 1.165) is 23.5 Å². The molecule has 2 aromatic carbocycles. The molecule has 2 heterocycles. The van der Waals surface area contributed by atoms with Crippen LogP contribution in [0.25, 0.3) is 0 Å². The first-order chi connectivity index (χ1) is 12.2. The number of carbonyl (C=O) groups excluding carboxylic acids is 1. The summed E-state index contributed by atoms with van der Waals surface area (Å²) in [5, 5.41) is 3.34. The molecule has 0 atom stereocenters. The zero-order chi connectivity index (χ0) is 17.2. The first-order valence-corrected chi connectivity index (χ1v) is 8.40. The average molecular weight is 329 g/mol. The summed E-state index contributed by atoms with van der Waals surface area (Å²) in [5.41, 5.74) is 5.70. The van der Waals surface area contributed by atoms with Gasteiger partial charge in [-0.1, -0.05) is 30.3 Å². The molecule has 1 aromatic heterocycles. The molecule has 0 spiro atoms. The van der Waals surface area contributed by atoms with Crippen molar-refractivity contribution in [1.29, 1.82) is 0 Å². The van der Waals surface area contributed by atoms with Crippen molar-refractivity contribution in [3.8, 4) is 0 Å².